The molecule has 1 unspecified atom stereocenters. The van der Waals surface area contributed by atoms with Crippen molar-refractivity contribution < 1.29 is 24.2 Å². The maximum Gasteiger partial charge on any atom is 0.415 e. The number of hydrogen-bond acceptors (Lipinski definition) is 6. The smallest absolute Gasteiger partial charge is 0.415 e. The summed E-state index contributed by atoms with van der Waals surface area (Å²) in [4.78, 5) is 27.4. The molecule has 1 N–H and O–H groups in total. The molecule has 0 radical (unpaired) electrons. The van der Waals surface area contributed by atoms with Crippen LogP contribution in [0.4, 0.5) is 4.79 Å². The Kier molecular flexibility index (Phi) is 5.92. The van der Waals surface area contributed by atoms with E-state index in [1.807, 2.05) is 37.3 Å². The molecule has 142 valence electrons. The van der Waals surface area contributed by atoms with E-state index in [4.69, 9.17) is 9.47 Å². The van der Waals surface area contributed by atoms with Gasteiger partial charge in [-0.3, -0.25) is 4.90 Å². The largest absolute Gasteiger partial charge is 0.464 e. The first kappa shape index (κ1) is 19.8. The highest BCUT2D eigenvalue weighted by Crippen LogP contribution is 2.28. The maximum absolute atomic E-state index is 12.5. The van der Waals surface area contributed by atoms with E-state index < -0.39 is 23.9 Å². The van der Waals surface area contributed by atoms with Crippen LogP contribution in [-0.2, 0) is 14.3 Å². The summed E-state index contributed by atoms with van der Waals surface area (Å²) in [7, 11) is 1.24. The normalized spacial score (nSPS) is 18.8. The van der Waals surface area contributed by atoms with Gasteiger partial charge in [0.25, 0.3) is 0 Å². The van der Waals surface area contributed by atoms with Crippen LogP contribution < -0.4 is 0 Å². The zero-order valence-corrected chi connectivity index (χ0v) is 15.8. The van der Waals surface area contributed by atoms with Crippen LogP contribution in [0.1, 0.15) is 39.3 Å². The molecular weight excluding hydrogens is 336 g/mol. The van der Waals surface area contributed by atoms with Crippen LogP contribution in [0.25, 0.3) is 0 Å². The second-order valence-electron chi connectivity index (χ2n) is 7.11. The lowest BCUT2D eigenvalue weighted by Gasteiger charge is -2.41. The number of carbonyl (C=O) groups is 2. The van der Waals surface area contributed by atoms with Gasteiger partial charge in [-0.2, -0.15) is 0 Å². The van der Waals surface area contributed by atoms with E-state index in [2.05, 4.69) is 0 Å². The van der Waals surface area contributed by atoms with Crippen molar-refractivity contribution in [2.45, 2.75) is 45.6 Å². The molecule has 7 nitrogen and oxygen atoms in total. The lowest BCUT2D eigenvalue weighted by atomic mass is 10.1. The molecule has 0 fully saturated rings. The van der Waals surface area contributed by atoms with E-state index in [1.54, 1.807) is 25.7 Å². The molecule has 0 bridgehead atoms. The average Bonchev–Trinajstić information content (AvgIpc) is 2.59. The minimum atomic E-state index is -0.994. The molecule has 0 saturated heterocycles. The van der Waals surface area contributed by atoms with Crippen molar-refractivity contribution in [2.75, 3.05) is 13.7 Å². The number of methoxy groups -OCH3 is 1. The fourth-order valence-corrected chi connectivity index (χ4v) is 2.68. The Bertz CT molecular complexity index is 681. The highest BCUT2D eigenvalue weighted by molar-refractivity contribution is 5.92. The first-order valence-electron chi connectivity index (χ1n) is 8.45. The van der Waals surface area contributed by atoms with Crippen molar-refractivity contribution >= 4 is 12.1 Å². The third-order valence-electron chi connectivity index (χ3n) is 3.99. The minimum absolute atomic E-state index is 0.0230. The van der Waals surface area contributed by atoms with Crippen LogP contribution in [-0.4, -0.2) is 52.5 Å². The Labute approximate surface area is 153 Å². The van der Waals surface area contributed by atoms with Crippen molar-refractivity contribution in [3.05, 3.63) is 47.8 Å². The summed E-state index contributed by atoms with van der Waals surface area (Å²) in [5.41, 5.74) is 0.269. The van der Waals surface area contributed by atoms with Crippen LogP contribution in [0.2, 0.25) is 0 Å². The van der Waals surface area contributed by atoms with Gasteiger partial charge in [0.1, 0.15) is 17.5 Å². The molecule has 2 rings (SSSR count). The van der Waals surface area contributed by atoms with Gasteiger partial charge < -0.3 is 19.5 Å². The molecule has 0 aliphatic carbocycles. The van der Waals surface area contributed by atoms with Gasteiger partial charge in [-0.05, 0) is 33.3 Å². The molecule has 1 aliphatic rings. The summed E-state index contributed by atoms with van der Waals surface area (Å²) in [6.45, 7) is 7.00. The topological polar surface area (TPSA) is 79.3 Å². The number of β-amino-alcohol motifs (C(OH)–C–C–N with tert-alkyl or cyclic N) is 1. The van der Waals surface area contributed by atoms with E-state index >= 15 is 0 Å². The number of esters is 1. The van der Waals surface area contributed by atoms with Gasteiger partial charge in [0, 0.05) is 6.20 Å². The highest BCUT2D eigenvalue weighted by Gasteiger charge is 2.37. The Morgan fingerprint density at radius 1 is 1.23 bits per heavy atom. The SMILES string of the molecule is COC(=O)C1=CN([C@@H](C)c2ccccc2)C(O)CN1C(=O)OC(C)(C)C. The molecule has 0 spiro atoms. The third kappa shape index (κ3) is 4.54. The van der Waals surface area contributed by atoms with Gasteiger partial charge in [0.15, 0.2) is 0 Å². The van der Waals surface area contributed by atoms with Gasteiger partial charge in [-0.15, -0.1) is 0 Å². The highest BCUT2D eigenvalue weighted by atomic mass is 16.6. The third-order valence-corrected chi connectivity index (χ3v) is 3.99. The zero-order valence-electron chi connectivity index (χ0n) is 15.8. The van der Waals surface area contributed by atoms with Crippen LogP contribution in [0, 0.1) is 0 Å². The number of amides is 1. The summed E-state index contributed by atoms with van der Waals surface area (Å²) in [6.07, 6.45) is -0.256. The second-order valence-corrected chi connectivity index (χ2v) is 7.11. The van der Waals surface area contributed by atoms with Crippen LogP contribution in [0.3, 0.4) is 0 Å². The van der Waals surface area contributed by atoms with E-state index in [1.165, 1.54) is 13.3 Å². The van der Waals surface area contributed by atoms with E-state index in [9.17, 15) is 14.7 Å². The van der Waals surface area contributed by atoms with Gasteiger partial charge >= 0.3 is 12.1 Å². The van der Waals surface area contributed by atoms with Gasteiger partial charge in [-0.25, -0.2) is 9.59 Å². The fraction of sp³-hybridized carbons (Fsp3) is 0.474. The second kappa shape index (κ2) is 7.78. The number of aliphatic hydroxyl groups excluding tert-OH is 1. The van der Waals surface area contributed by atoms with Crippen molar-refractivity contribution in [3.8, 4) is 0 Å². The van der Waals surface area contributed by atoms with Crippen LogP contribution in [0.5, 0.6) is 0 Å². The first-order valence-corrected chi connectivity index (χ1v) is 8.45. The van der Waals surface area contributed by atoms with Crippen molar-refractivity contribution in [3.63, 3.8) is 0 Å². The predicted octanol–water partition coefficient (Wildman–Crippen LogP) is 2.63. The molecule has 2 atom stereocenters. The molecule has 1 aliphatic heterocycles. The number of aliphatic hydroxyl groups is 1. The molecule has 0 aromatic heterocycles. The Hall–Kier alpha value is -2.54. The maximum atomic E-state index is 12.5. The van der Waals surface area contributed by atoms with Crippen LogP contribution in [0.15, 0.2) is 42.2 Å². The summed E-state index contributed by atoms with van der Waals surface area (Å²) in [5, 5.41) is 10.6. The molecule has 1 amide bonds. The predicted molar refractivity (Wildman–Crippen MR) is 95.7 cm³/mol. The van der Waals surface area contributed by atoms with Crippen LogP contribution >= 0.6 is 0 Å². The lowest BCUT2D eigenvalue weighted by molar-refractivity contribution is -0.139. The minimum Gasteiger partial charge on any atom is -0.464 e. The molecule has 26 heavy (non-hydrogen) atoms. The Morgan fingerprint density at radius 3 is 2.38 bits per heavy atom. The average molecular weight is 362 g/mol. The standard InChI is InChI=1S/C19H26N2O5/c1-13(14-9-7-6-8-10-14)20-11-15(17(23)25-5)21(12-16(20)22)18(24)26-19(2,3)4/h6-11,13,16,22H,12H2,1-5H3/t13-,16?/m0/s1. The van der Waals surface area contributed by atoms with Crippen molar-refractivity contribution in [1.29, 1.82) is 0 Å². The monoisotopic (exact) mass is 362 g/mol. The molecule has 1 aromatic carbocycles. The number of hydrogen-bond donors (Lipinski definition) is 1. The van der Waals surface area contributed by atoms with E-state index in [0.717, 1.165) is 10.5 Å². The van der Waals surface area contributed by atoms with Gasteiger partial charge in [-0.1, -0.05) is 30.3 Å². The number of nitrogens with zero attached hydrogens (tertiary/aromatic N) is 2. The number of carbonyl (C=O) groups excluding carboxylic acids is 2. The van der Waals surface area contributed by atoms with E-state index in [-0.39, 0.29) is 18.3 Å². The Morgan fingerprint density at radius 2 is 1.85 bits per heavy atom. The molecule has 1 aromatic rings. The van der Waals surface area contributed by atoms with E-state index in [0.29, 0.717) is 0 Å². The van der Waals surface area contributed by atoms with Gasteiger partial charge in [0.2, 0.25) is 0 Å². The quantitative estimate of drug-likeness (QED) is 0.833. The first-order chi connectivity index (χ1) is 12.1. The summed E-state index contributed by atoms with van der Waals surface area (Å²) < 4.78 is 10.1. The number of rotatable bonds is 3. The molecule has 7 heteroatoms. The van der Waals surface area contributed by atoms with Crippen molar-refractivity contribution in [1.82, 2.24) is 9.80 Å². The lowest BCUT2D eigenvalue weighted by Crippen LogP contribution is -2.51. The fourth-order valence-electron chi connectivity index (χ4n) is 2.68. The zero-order chi connectivity index (χ0) is 19.5. The Balaban J connectivity index is 2.35. The summed E-state index contributed by atoms with van der Waals surface area (Å²) in [5.74, 6) is -0.673. The number of benzene rings is 1. The van der Waals surface area contributed by atoms with Gasteiger partial charge in [0.05, 0.1) is 19.7 Å². The summed E-state index contributed by atoms with van der Waals surface area (Å²) in [6, 6.07) is 9.38. The van der Waals surface area contributed by atoms with Crippen molar-refractivity contribution in [2.24, 2.45) is 0 Å². The molecular formula is C19H26N2O5. The molecule has 0 saturated carbocycles. The number of ether oxygens (including phenoxy) is 2. The summed E-state index contributed by atoms with van der Waals surface area (Å²) >= 11 is 0. The molecule has 1 heterocycles.